The highest BCUT2D eigenvalue weighted by molar-refractivity contribution is 5.41. The third-order valence-corrected chi connectivity index (χ3v) is 6.18. The quantitative estimate of drug-likeness (QED) is 0.412. The lowest BCUT2D eigenvalue weighted by Crippen LogP contribution is -2.37. The fraction of sp³-hybridized carbons (Fsp3) is 0.500. The molecule has 5 heteroatoms. The van der Waals surface area contributed by atoms with Crippen LogP contribution in [0, 0.1) is 17.2 Å². The molecule has 1 unspecified atom stereocenters. The molecule has 31 heavy (non-hydrogen) atoms. The van der Waals surface area contributed by atoms with Gasteiger partial charge in [0.2, 0.25) is 0 Å². The number of benzene rings is 2. The number of hydrogen-bond acceptors (Lipinski definition) is 2. The lowest BCUT2D eigenvalue weighted by Gasteiger charge is -2.35. The van der Waals surface area contributed by atoms with Crippen LogP contribution in [-0.2, 0) is 18.0 Å². The second-order valence-corrected chi connectivity index (χ2v) is 8.75. The predicted molar refractivity (Wildman–Crippen MR) is 120 cm³/mol. The Kier molecular flexibility index (Phi) is 8.70. The maximum atomic E-state index is 13.7. The van der Waals surface area contributed by atoms with Crippen molar-refractivity contribution >= 4 is 0 Å². The van der Waals surface area contributed by atoms with Gasteiger partial charge in [0, 0.05) is 12.6 Å². The Balaban J connectivity index is 2.17. The van der Waals surface area contributed by atoms with E-state index in [1.807, 2.05) is 32.0 Å². The van der Waals surface area contributed by atoms with Crippen molar-refractivity contribution in [3.63, 3.8) is 0 Å². The fourth-order valence-electron chi connectivity index (χ4n) is 4.21. The Labute approximate surface area is 184 Å². The molecule has 0 saturated heterocycles. The zero-order valence-electron chi connectivity index (χ0n) is 18.9. The Morgan fingerprint density at radius 3 is 1.97 bits per heavy atom. The van der Waals surface area contributed by atoms with Crippen LogP contribution in [0.1, 0.15) is 57.2 Å². The van der Waals surface area contributed by atoms with Crippen molar-refractivity contribution in [1.29, 1.82) is 5.26 Å². The summed E-state index contributed by atoms with van der Waals surface area (Å²) in [4.78, 5) is 2.34. The first kappa shape index (κ1) is 24.9. The molecule has 0 aromatic heterocycles. The van der Waals surface area contributed by atoms with Crippen LogP contribution in [-0.4, -0.2) is 24.0 Å². The van der Waals surface area contributed by atoms with E-state index in [9.17, 15) is 18.4 Å². The fourth-order valence-corrected chi connectivity index (χ4v) is 4.21. The van der Waals surface area contributed by atoms with Gasteiger partial charge in [0.05, 0.1) is 17.0 Å². The summed E-state index contributed by atoms with van der Waals surface area (Å²) >= 11 is 0. The van der Waals surface area contributed by atoms with Crippen LogP contribution in [0.3, 0.4) is 0 Å². The topological polar surface area (TPSA) is 27.0 Å². The van der Waals surface area contributed by atoms with Crippen LogP contribution < -0.4 is 0 Å². The third kappa shape index (κ3) is 6.33. The molecule has 0 N–H and O–H groups in total. The van der Waals surface area contributed by atoms with Gasteiger partial charge >= 0.3 is 6.18 Å². The van der Waals surface area contributed by atoms with Gasteiger partial charge in [-0.15, -0.1) is 0 Å². The van der Waals surface area contributed by atoms with Gasteiger partial charge in [-0.25, -0.2) is 0 Å². The molecular formula is C26H33F3N2. The number of alkyl halides is 3. The Hall–Kier alpha value is -2.32. The van der Waals surface area contributed by atoms with Crippen molar-refractivity contribution in [1.82, 2.24) is 4.90 Å². The minimum Gasteiger partial charge on any atom is -0.301 e. The van der Waals surface area contributed by atoms with E-state index in [-0.39, 0.29) is 11.5 Å². The van der Waals surface area contributed by atoms with E-state index in [4.69, 9.17) is 0 Å². The molecule has 0 radical (unpaired) electrons. The molecule has 2 aromatic rings. The van der Waals surface area contributed by atoms with Crippen LogP contribution in [0.15, 0.2) is 54.6 Å². The zero-order valence-corrected chi connectivity index (χ0v) is 18.9. The van der Waals surface area contributed by atoms with Gasteiger partial charge in [-0.05, 0) is 62.8 Å². The van der Waals surface area contributed by atoms with E-state index in [0.717, 1.165) is 25.6 Å². The first-order valence-corrected chi connectivity index (χ1v) is 11.0. The number of hydrogen-bond donors (Lipinski definition) is 0. The predicted octanol–water partition coefficient (Wildman–Crippen LogP) is 6.86. The largest absolute Gasteiger partial charge is 0.416 e. The average Bonchev–Trinajstić information content (AvgIpc) is 2.73. The summed E-state index contributed by atoms with van der Waals surface area (Å²) in [5.74, 6) is -0.238. The highest BCUT2D eigenvalue weighted by atomic mass is 19.4. The second-order valence-electron chi connectivity index (χ2n) is 8.75. The van der Waals surface area contributed by atoms with Crippen molar-refractivity contribution < 1.29 is 13.2 Å². The molecule has 2 nitrogen and oxygen atoms in total. The first-order chi connectivity index (χ1) is 14.6. The Morgan fingerprint density at radius 1 is 0.871 bits per heavy atom. The van der Waals surface area contributed by atoms with E-state index >= 15 is 0 Å². The molecule has 0 amide bonds. The molecule has 0 fully saturated rings. The zero-order chi connectivity index (χ0) is 23.1. The standard InChI is InChI=1S/C26H33F3N2/c1-20(2)25(19-30,23-13-8-9-14-24(23)26(27,28)29)16-10-17-31(21(3)4)18-15-22-11-6-5-7-12-22/h5-9,11-14,20-21H,10,15-18H2,1-4H3. The Morgan fingerprint density at radius 2 is 1.45 bits per heavy atom. The number of nitrogens with zero attached hydrogens (tertiary/aromatic N) is 2. The molecule has 0 saturated carbocycles. The third-order valence-electron chi connectivity index (χ3n) is 6.18. The lowest BCUT2D eigenvalue weighted by atomic mass is 9.68. The Bertz CT molecular complexity index is 853. The summed E-state index contributed by atoms with van der Waals surface area (Å²) in [5, 5.41) is 10.1. The highest BCUT2D eigenvalue weighted by Crippen LogP contribution is 2.43. The molecule has 0 spiro atoms. The molecular weight excluding hydrogens is 397 g/mol. The number of halogens is 3. The van der Waals surface area contributed by atoms with E-state index in [1.165, 1.54) is 17.7 Å². The molecule has 2 aromatic carbocycles. The van der Waals surface area contributed by atoms with Crippen molar-refractivity contribution in [2.24, 2.45) is 5.92 Å². The summed E-state index contributed by atoms with van der Waals surface area (Å²) in [5.41, 5.74) is -0.509. The van der Waals surface area contributed by atoms with E-state index in [1.54, 1.807) is 6.07 Å². The van der Waals surface area contributed by atoms with Crippen molar-refractivity contribution in [3.8, 4) is 6.07 Å². The molecule has 0 bridgehead atoms. The maximum absolute atomic E-state index is 13.7. The van der Waals surface area contributed by atoms with Gasteiger partial charge in [-0.2, -0.15) is 18.4 Å². The van der Waals surface area contributed by atoms with Gasteiger partial charge in [-0.3, -0.25) is 0 Å². The summed E-state index contributed by atoms with van der Waals surface area (Å²) in [7, 11) is 0. The summed E-state index contributed by atoms with van der Waals surface area (Å²) in [6.45, 7) is 9.56. The van der Waals surface area contributed by atoms with Crippen LogP contribution in [0.5, 0.6) is 0 Å². The maximum Gasteiger partial charge on any atom is 0.416 e. The van der Waals surface area contributed by atoms with Gasteiger partial charge in [0.15, 0.2) is 0 Å². The van der Waals surface area contributed by atoms with E-state index in [2.05, 4.69) is 36.9 Å². The van der Waals surface area contributed by atoms with Crippen molar-refractivity contribution in [3.05, 3.63) is 71.3 Å². The number of rotatable bonds is 10. The van der Waals surface area contributed by atoms with E-state index in [0.29, 0.717) is 18.9 Å². The monoisotopic (exact) mass is 430 g/mol. The molecule has 0 heterocycles. The summed E-state index contributed by atoms with van der Waals surface area (Å²) < 4.78 is 41.0. The van der Waals surface area contributed by atoms with Crippen LogP contribution in [0.25, 0.3) is 0 Å². The van der Waals surface area contributed by atoms with E-state index < -0.39 is 17.2 Å². The van der Waals surface area contributed by atoms with Crippen LogP contribution in [0.4, 0.5) is 13.2 Å². The normalized spacial score (nSPS) is 14.1. The van der Waals surface area contributed by atoms with Crippen LogP contribution in [0.2, 0.25) is 0 Å². The number of nitriles is 1. The molecule has 2 rings (SSSR count). The minimum atomic E-state index is -4.48. The van der Waals surface area contributed by atoms with Gasteiger partial charge in [0.1, 0.15) is 0 Å². The SMILES string of the molecule is CC(C)N(CCCC(C#N)(c1ccccc1C(F)(F)F)C(C)C)CCc1ccccc1. The lowest BCUT2D eigenvalue weighted by molar-refractivity contribution is -0.138. The van der Waals surface area contributed by atoms with Gasteiger partial charge < -0.3 is 4.90 Å². The average molecular weight is 431 g/mol. The second kappa shape index (κ2) is 10.8. The minimum absolute atomic E-state index is 0.0976. The summed E-state index contributed by atoms with van der Waals surface area (Å²) in [6, 6.07) is 18.4. The molecule has 0 aliphatic rings. The van der Waals surface area contributed by atoms with Crippen molar-refractivity contribution in [2.45, 2.75) is 64.6 Å². The first-order valence-electron chi connectivity index (χ1n) is 11.0. The van der Waals surface area contributed by atoms with Gasteiger partial charge in [-0.1, -0.05) is 62.4 Å². The van der Waals surface area contributed by atoms with Gasteiger partial charge in [0.25, 0.3) is 0 Å². The highest BCUT2D eigenvalue weighted by Gasteiger charge is 2.43. The summed E-state index contributed by atoms with van der Waals surface area (Å²) in [6.07, 6.45) is -2.51. The smallest absolute Gasteiger partial charge is 0.301 e. The molecule has 0 aliphatic carbocycles. The molecule has 168 valence electrons. The molecule has 1 atom stereocenters. The molecule has 0 aliphatic heterocycles. The van der Waals surface area contributed by atoms with Crippen LogP contribution >= 0.6 is 0 Å². The van der Waals surface area contributed by atoms with Crippen molar-refractivity contribution in [2.75, 3.05) is 13.1 Å².